The van der Waals surface area contributed by atoms with Gasteiger partial charge in [-0.15, -0.1) is 0 Å². The summed E-state index contributed by atoms with van der Waals surface area (Å²) in [6.07, 6.45) is -4.71. The Bertz CT molecular complexity index is 559. The summed E-state index contributed by atoms with van der Waals surface area (Å²) in [6.45, 7) is -0.559. The number of ether oxygens (including phenoxy) is 1. The molecule has 1 saturated heterocycles. The van der Waals surface area contributed by atoms with Crippen LogP contribution in [0.3, 0.4) is 0 Å². The molecule has 0 radical (unpaired) electrons. The van der Waals surface area contributed by atoms with E-state index >= 15 is 0 Å². The van der Waals surface area contributed by atoms with Gasteiger partial charge in [0.15, 0.2) is 12.4 Å². The summed E-state index contributed by atoms with van der Waals surface area (Å²) in [5.41, 5.74) is -1.30. The van der Waals surface area contributed by atoms with Gasteiger partial charge in [0.05, 0.1) is 29.5 Å². The molecule has 7 nitrogen and oxygen atoms in total. The van der Waals surface area contributed by atoms with Crippen LogP contribution in [0.1, 0.15) is 6.23 Å². The molecular formula is C9H10FIN2O5. The first kappa shape index (κ1) is 13.6. The number of hydrogen-bond donors (Lipinski definition) is 2. The van der Waals surface area contributed by atoms with Crippen molar-refractivity contribution in [3.8, 4) is 0 Å². The van der Waals surface area contributed by atoms with Crippen LogP contribution >= 0.6 is 22.9 Å². The lowest BCUT2D eigenvalue weighted by molar-refractivity contribution is -0.0492. The molecule has 0 amide bonds. The predicted octanol–water partition coefficient (Wildman–Crippen LogP) is -1.20. The zero-order chi connectivity index (χ0) is 13.4. The van der Waals surface area contributed by atoms with Crippen molar-refractivity contribution in [2.24, 2.45) is 0 Å². The average molecular weight is 372 g/mol. The third kappa shape index (κ3) is 2.11. The van der Waals surface area contributed by atoms with E-state index in [1.54, 1.807) is 0 Å². The summed E-state index contributed by atoms with van der Waals surface area (Å²) >= 11 is 1.49. The molecule has 2 N–H and O–H groups in total. The Morgan fingerprint density at radius 3 is 2.72 bits per heavy atom. The Morgan fingerprint density at radius 1 is 1.50 bits per heavy atom. The highest BCUT2D eigenvalue weighted by molar-refractivity contribution is 14.1. The zero-order valence-electron chi connectivity index (χ0n) is 8.94. The van der Waals surface area contributed by atoms with Gasteiger partial charge in [-0.05, 0) is 0 Å². The first-order chi connectivity index (χ1) is 8.47. The number of nitrogens with zero attached hydrogens (tertiary/aromatic N) is 2. The van der Waals surface area contributed by atoms with Crippen molar-refractivity contribution in [3.63, 3.8) is 0 Å². The molecule has 4 atom stereocenters. The molecule has 2 rings (SSSR count). The fraction of sp³-hybridized carbons (Fsp3) is 0.556. The molecule has 2 heterocycles. The van der Waals surface area contributed by atoms with Gasteiger partial charge in [0, 0.05) is 12.3 Å². The molecule has 0 saturated carbocycles. The van der Waals surface area contributed by atoms with E-state index in [1.165, 1.54) is 22.9 Å². The molecule has 0 aromatic carbocycles. The maximum atomic E-state index is 13.8. The van der Waals surface area contributed by atoms with Crippen LogP contribution in [0.15, 0.2) is 21.9 Å². The minimum absolute atomic E-state index is 0.537. The standard InChI is InChI=1S/C9H10FIN2O5/c10-6-7(16)4(3-14)18-8(6)12-2-1-5(15)13(11)9(12)17/h1-2,4,6-8,14,16H,3H2/t4-,6+,7-,8?/m1/s1. The SMILES string of the molecule is O=c1ccn(C2O[C@H](CO)[C@@H](O)[C@@H]2F)c(=O)n1I. The quantitative estimate of drug-likeness (QED) is 0.636. The van der Waals surface area contributed by atoms with E-state index in [0.29, 0.717) is 0 Å². The summed E-state index contributed by atoms with van der Waals surface area (Å²) in [5.74, 6) is 0. The monoisotopic (exact) mass is 372 g/mol. The predicted molar refractivity (Wildman–Crippen MR) is 66.3 cm³/mol. The number of aliphatic hydroxyl groups excluding tert-OH is 2. The van der Waals surface area contributed by atoms with Gasteiger partial charge in [0.2, 0.25) is 0 Å². The molecule has 0 bridgehead atoms. The minimum Gasteiger partial charge on any atom is -0.394 e. The number of aromatic nitrogens is 2. The van der Waals surface area contributed by atoms with Crippen molar-refractivity contribution in [2.45, 2.75) is 24.6 Å². The van der Waals surface area contributed by atoms with Crippen LogP contribution in [-0.2, 0) is 4.74 Å². The van der Waals surface area contributed by atoms with E-state index in [1.807, 2.05) is 0 Å². The lowest BCUT2D eigenvalue weighted by atomic mass is 10.1. The molecular weight excluding hydrogens is 362 g/mol. The van der Waals surface area contributed by atoms with E-state index in [0.717, 1.165) is 19.6 Å². The molecule has 18 heavy (non-hydrogen) atoms. The molecule has 1 aromatic rings. The Morgan fingerprint density at radius 2 is 2.17 bits per heavy atom. The van der Waals surface area contributed by atoms with Crippen molar-refractivity contribution < 1.29 is 19.3 Å². The van der Waals surface area contributed by atoms with Gasteiger partial charge in [0.1, 0.15) is 12.2 Å². The van der Waals surface area contributed by atoms with Crippen LogP contribution in [0.2, 0.25) is 0 Å². The van der Waals surface area contributed by atoms with Crippen LogP contribution in [0, 0.1) is 0 Å². The Balaban J connectivity index is 2.42. The third-order valence-corrected chi connectivity index (χ3v) is 3.60. The topological polar surface area (TPSA) is 93.7 Å². The molecule has 0 spiro atoms. The van der Waals surface area contributed by atoms with E-state index in [2.05, 4.69) is 0 Å². The van der Waals surface area contributed by atoms with E-state index < -0.39 is 42.5 Å². The molecule has 0 aliphatic carbocycles. The molecule has 100 valence electrons. The number of aliphatic hydroxyl groups is 2. The van der Waals surface area contributed by atoms with Crippen LogP contribution in [0.4, 0.5) is 4.39 Å². The van der Waals surface area contributed by atoms with E-state index in [-0.39, 0.29) is 0 Å². The first-order valence-electron chi connectivity index (χ1n) is 5.06. The van der Waals surface area contributed by atoms with Gasteiger partial charge >= 0.3 is 5.69 Å². The first-order valence-corrected chi connectivity index (χ1v) is 6.02. The van der Waals surface area contributed by atoms with Gasteiger partial charge in [-0.2, -0.15) is 2.78 Å². The van der Waals surface area contributed by atoms with Gasteiger partial charge in [-0.25, -0.2) is 9.18 Å². The summed E-state index contributed by atoms with van der Waals surface area (Å²) in [5, 5.41) is 18.3. The Hall–Kier alpha value is -0.780. The van der Waals surface area contributed by atoms with E-state index in [9.17, 15) is 19.1 Å². The smallest absolute Gasteiger partial charge is 0.342 e. The highest BCUT2D eigenvalue weighted by Gasteiger charge is 2.45. The maximum absolute atomic E-state index is 13.8. The van der Waals surface area contributed by atoms with Gasteiger partial charge in [-0.3, -0.25) is 9.36 Å². The van der Waals surface area contributed by atoms with Crippen LogP contribution in [0.5, 0.6) is 0 Å². The highest BCUT2D eigenvalue weighted by Crippen LogP contribution is 2.30. The van der Waals surface area contributed by atoms with Gasteiger partial charge < -0.3 is 14.9 Å². The van der Waals surface area contributed by atoms with Gasteiger partial charge in [0.25, 0.3) is 5.56 Å². The van der Waals surface area contributed by atoms with Gasteiger partial charge in [-0.1, -0.05) is 0 Å². The summed E-state index contributed by atoms with van der Waals surface area (Å²) < 4.78 is 20.5. The fourth-order valence-electron chi connectivity index (χ4n) is 1.74. The number of hydrogen-bond acceptors (Lipinski definition) is 5. The van der Waals surface area contributed by atoms with Crippen molar-refractivity contribution in [1.29, 1.82) is 0 Å². The summed E-state index contributed by atoms with van der Waals surface area (Å²) in [4.78, 5) is 22.9. The van der Waals surface area contributed by atoms with Crippen molar-refractivity contribution in [1.82, 2.24) is 7.35 Å². The number of rotatable bonds is 2. The molecule has 9 heteroatoms. The second-order valence-electron chi connectivity index (χ2n) is 3.81. The second kappa shape index (κ2) is 5.07. The lowest BCUT2D eigenvalue weighted by Crippen LogP contribution is -2.38. The maximum Gasteiger partial charge on any atom is 0.342 e. The summed E-state index contributed by atoms with van der Waals surface area (Å²) in [6, 6.07) is 1.09. The summed E-state index contributed by atoms with van der Waals surface area (Å²) in [7, 11) is 0. The Labute approximate surface area is 114 Å². The molecule has 1 aliphatic heterocycles. The normalized spacial score (nSPS) is 31.8. The van der Waals surface area contributed by atoms with Crippen molar-refractivity contribution in [2.75, 3.05) is 6.61 Å². The third-order valence-electron chi connectivity index (χ3n) is 2.71. The minimum atomic E-state index is -1.85. The van der Waals surface area contributed by atoms with Crippen LogP contribution < -0.4 is 11.2 Å². The highest BCUT2D eigenvalue weighted by atomic mass is 127. The number of alkyl halides is 1. The van der Waals surface area contributed by atoms with Crippen LogP contribution in [-0.4, -0.2) is 42.5 Å². The van der Waals surface area contributed by atoms with Crippen molar-refractivity contribution >= 4 is 22.9 Å². The molecule has 1 unspecified atom stereocenters. The molecule has 1 aliphatic rings. The molecule has 1 aromatic heterocycles. The van der Waals surface area contributed by atoms with Crippen molar-refractivity contribution in [3.05, 3.63) is 33.1 Å². The Kier molecular flexibility index (Phi) is 3.84. The lowest BCUT2D eigenvalue weighted by Gasteiger charge is -2.16. The number of halogens is 2. The van der Waals surface area contributed by atoms with Crippen LogP contribution in [0.25, 0.3) is 0 Å². The molecule has 1 fully saturated rings. The van der Waals surface area contributed by atoms with E-state index in [4.69, 9.17) is 9.84 Å². The average Bonchev–Trinajstić information content (AvgIpc) is 2.64. The largest absolute Gasteiger partial charge is 0.394 e. The fourth-order valence-corrected chi connectivity index (χ4v) is 2.15. The second-order valence-corrected chi connectivity index (χ2v) is 4.77. The zero-order valence-corrected chi connectivity index (χ0v) is 11.1.